The van der Waals surface area contributed by atoms with Crippen LogP contribution in [0, 0.1) is 0 Å². The maximum Gasteiger partial charge on any atom is 0.411 e. The fourth-order valence-corrected chi connectivity index (χ4v) is 3.02. The second kappa shape index (κ2) is 5.54. The average Bonchev–Trinajstić information content (AvgIpc) is 2.68. The molecule has 1 atom stereocenters. The van der Waals surface area contributed by atoms with E-state index in [9.17, 15) is 18.3 Å². The van der Waals surface area contributed by atoms with Gasteiger partial charge in [0.1, 0.15) is 6.61 Å². The third-order valence-electron chi connectivity index (χ3n) is 2.69. The molecule has 0 aromatic carbocycles. The Kier molecular flexibility index (Phi) is 4.24. The highest BCUT2D eigenvalue weighted by atomic mass is 32.1. The number of aryl methyl sites for hydroxylation is 1. The average molecular weight is 281 g/mol. The number of alkyl halides is 3. The van der Waals surface area contributed by atoms with Crippen LogP contribution in [0.5, 0.6) is 0 Å². The largest absolute Gasteiger partial charge is 0.411 e. The molecule has 1 N–H and O–H groups in total. The van der Waals surface area contributed by atoms with Crippen molar-refractivity contribution in [2.24, 2.45) is 0 Å². The molecule has 1 aromatic rings. The van der Waals surface area contributed by atoms with Crippen LogP contribution >= 0.6 is 11.3 Å². The Morgan fingerprint density at radius 2 is 2.22 bits per heavy atom. The zero-order valence-electron chi connectivity index (χ0n) is 9.66. The van der Waals surface area contributed by atoms with E-state index in [2.05, 4.69) is 9.72 Å². The third-order valence-corrected chi connectivity index (χ3v) is 3.95. The first kappa shape index (κ1) is 13.8. The van der Waals surface area contributed by atoms with E-state index in [0.29, 0.717) is 6.42 Å². The fraction of sp³-hybridized carbons (Fsp3) is 0.727. The predicted molar refractivity (Wildman–Crippen MR) is 60.6 cm³/mol. The van der Waals surface area contributed by atoms with Gasteiger partial charge in [-0.05, 0) is 19.3 Å². The first-order chi connectivity index (χ1) is 8.46. The predicted octanol–water partition coefficient (Wildman–Crippen LogP) is 2.63. The van der Waals surface area contributed by atoms with Crippen molar-refractivity contribution in [3.63, 3.8) is 0 Å². The van der Waals surface area contributed by atoms with Crippen LogP contribution in [0.15, 0.2) is 0 Å². The van der Waals surface area contributed by atoms with E-state index in [-0.39, 0.29) is 6.61 Å². The summed E-state index contributed by atoms with van der Waals surface area (Å²) in [6.45, 7) is -1.22. The fourth-order valence-electron chi connectivity index (χ4n) is 1.90. The lowest BCUT2D eigenvalue weighted by atomic mass is 10.0. The van der Waals surface area contributed by atoms with Crippen LogP contribution in [0.4, 0.5) is 13.2 Å². The lowest BCUT2D eigenvalue weighted by Crippen LogP contribution is -2.17. The summed E-state index contributed by atoms with van der Waals surface area (Å²) in [6.07, 6.45) is -1.90. The monoisotopic (exact) mass is 281 g/mol. The molecule has 1 aliphatic carbocycles. The molecule has 0 bridgehead atoms. The molecule has 102 valence electrons. The summed E-state index contributed by atoms with van der Waals surface area (Å²) >= 11 is 1.38. The van der Waals surface area contributed by atoms with Crippen molar-refractivity contribution in [2.75, 3.05) is 13.2 Å². The first-order valence-electron chi connectivity index (χ1n) is 5.77. The van der Waals surface area contributed by atoms with E-state index in [1.807, 2.05) is 0 Å². The van der Waals surface area contributed by atoms with Crippen molar-refractivity contribution in [1.29, 1.82) is 0 Å². The van der Waals surface area contributed by atoms with Crippen LogP contribution in [0.2, 0.25) is 0 Å². The Hall–Kier alpha value is -0.660. The minimum absolute atomic E-state index is 0.00198. The van der Waals surface area contributed by atoms with Gasteiger partial charge in [0, 0.05) is 6.42 Å². The van der Waals surface area contributed by atoms with Gasteiger partial charge in [-0.25, -0.2) is 4.98 Å². The molecule has 1 unspecified atom stereocenters. The maximum atomic E-state index is 11.8. The van der Waals surface area contributed by atoms with Crippen molar-refractivity contribution in [3.05, 3.63) is 15.6 Å². The standard InChI is InChI=1S/C11H14F3NO2S/c12-11(13,14)6-17-5-4-9-15-7-2-1-3-8(16)10(7)18-9/h8,16H,1-6H2. The summed E-state index contributed by atoms with van der Waals surface area (Å²) in [6, 6.07) is 0. The topological polar surface area (TPSA) is 42.4 Å². The van der Waals surface area contributed by atoms with E-state index in [1.165, 1.54) is 11.3 Å². The van der Waals surface area contributed by atoms with E-state index >= 15 is 0 Å². The van der Waals surface area contributed by atoms with Crippen LogP contribution in [-0.4, -0.2) is 29.5 Å². The van der Waals surface area contributed by atoms with Crippen molar-refractivity contribution < 1.29 is 23.0 Å². The summed E-state index contributed by atoms with van der Waals surface area (Å²) in [7, 11) is 0. The van der Waals surface area contributed by atoms with E-state index in [0.717, 1.165) is 34.8 Å². The molecule has 0 radical (unpaired) electrons. The van der Waals surface area contributed by atoms with Gasteiger partial charge in [0.15, 0.2) is 0 Å². The normalized spacial score (nSPS) is 19.9. The number of fused-ring (bicyclic) bond motifs is 1. The van der Waals surface area contributed by atoms with Gasteiger partial charge in [-0.15, -0.1) is 11.3 Å². The van der Waals surface area contributed by atoms with Crippen molar-refractivity contribution in [2.45, 2.75) is 38.0 Å². The Labute approximate surface area is 107 Å². The molecule has 0 amide bonds. The summed E-state index contributed by atoms with van der Waals surface area (Å²) < 4.78 is 40.1. The highest BCUT2D eigenvalue weighted by molar-refractivity contribution is 7.11. The summed E-state index contributed by atoms with van der Waals surface area (Å²) in [4.78, 5) is 5.20. The van der Waals surface area contributed by atoms with Gasteiger partial charge in [0.05, 0.1) is 28.3 Å². The van der Waals surface area contributed by atoms with Gasteiger partial charge in [-0.2, -0.15) is 13.2 Å². The number of nitrogens with zero attached hydrogens (tertiary/aromatic N) is 1. The highest BCUT2D eigenvalue weighted by Crippen LogP contribution is 2.34. The molecule has 1 aliphatic rings. The SMILES string of the molecule is OC1CCCc2nc(CCOCC(F)(F)F)sc21. The molecule has 1 aromatic heterocycles. The second-order valence-corrected chi connectivity index (χ2v) is 5.36. The van der Waals surface area contributed by atoms with Gasteiger partial charge >= 0.3 is 6.18 Å². The van der Waals surface area contributed by atoms with Crippen LogP contribution in [-0.2, 0) is 17.6 Å². The number of hydrogen-bond acceptors (Lipinski definition) is 4. The number of hydrogen-bond donors (Lipinski definition) is 1. The van der Waals surface area contributed by atoms with Crippen molar-refractivity contribution in [1.82, 2.24) is 4.98 Å². The number of aromatic nitrogens is 1. The van der Waals surface area contributed by atoms with Crippen molar-refractivity contribution in [3.8, 4) is 0 Å². The summed E-state index contributed by atoms with van der Waals surface area (Å²) in [5, 5.41) is 10.5. The van der Waals surface area contributed by atoms with Crippen LogP contribution in [0.25, 0.3) is 0 Å². The zero-order chi connectivity index (χ0) is 13.2. The smallest absolute Gasteiger partial charge is 0.388 e. The van der Waals surface area contributed by atoms with E-state index in [4.69, 9.17) is 0 Å². The molecule has 2 rings (SSSR count). The molecule has 1 heterocycles. The minimum atomic E-state index is -4.28. The molecule has 7 heteroatoms. The van der Waals surface area contributed by atoms with Crippen LogP contribution in [0.3, 0.4) is 0 Å². The summed E-state index contributed by atoms with van der Waals surface area (Å²) in [5.41, 5.74) is 0.893. The number of halogens is 3. The van der Waals surface area contributed by atoms with Crippen molar-refractivity contribution >= 4 is 11.3 Å². The molecule has 0 aliphatic heterocycles. The maximum absolute atomic E-state index is 11.8. The third kappa shape index (κ3) is 3.66. The second-order valence-electron chi connectivity index (χ2n) is 4.24. The van der Waals surface area contributed by atoms with Gasteiger partial charge in [0.25, 0.3) is 0 Å². The first-order valence-corrected chi connectivity index (χ1v) is 6.58. The number of thiazole rings is 1. The molecule has 0 saturated carbocycles. The molecule has 0 saturated heterocycles. The number of aliphatic hydroxyl groups excluding tert-OH is 1. The van der Waals surface area contributed by atoms with E-state index < -0.39 is 18.9 Å². The minimum Gasteiger partial charge on any atom is -0.388 e. The van der Waals surface area contributed by atoms with Gasteiger partial charge in [-0.1, -0.05) is 0 Å². The Morgan fingerprint density at radius 3 is 2.89 bits per heavy atom. The lowest BCUT2D eigenvalue weighted by molar-refractivity contribution is -0.173. The zero-order valence-corrected chi connectivity index (χ0v) is 10.5. The highest BCUT2D eigenvalue weighted by Gasteiger charge is 2.27. The lowest BCUT2D eigenvalue weighted by Gasteiger charge is -2.14. The number of rotatable bonds is 4. The molecular formula is C11H14F3NO2S. The molecule has 18 heavy (non-hydrogen) atoms. The number of aliphatic hydroxyl groups is 1. The molecule has 3 nitrogen and oxygen atoms in total. The van der Waals surface area contributed by atoms with Crippen LogP contribution in [0.1, 0.15) is 34.5 Å². The number of ether oxygens (including phenoxy) is 1. The Balaban J connectivity index is 1.84. The summed E-state index contributed by atoms with van der Waals surface area (Å²) in [5.74, 6) is 0. The quantitative estimate of drug-likeness (QED) is 0.863. The Morgan fingerprint density at radius 1 is 1.44 bits per heavy atom. The van der Waals surface area contributed by atoms with Crippen LogP contribution < -0.4 is 0 Å². The van der Waals surface area contributed by atoms with Gasteiger partial charge in [0.2, 0.25) is 0 Å². The van der Waals surface area contributed by atoms with E-state index in [1.54, 1.807) is 0 Å². The van der Waals surface area contributed by atoms with Gasteiger partial charge < -0.3 is 9.84 Å². The molecule has 0 spiro atoms. The molecular weight excluding hydrogens is 267 g/mol. The Bertz CT molecular complexity index is 405. The molecule has 0 fully saturated rings. The van der Waals surface area contributed by atoms with Gasteiger partial charge in [-0.3, -0.25) is 0 Å².